The van der Waals surface area contributed by atoms with Crippen molar-refractivity contribution < 1.29 is 14.3 Å². The Balaban J connectivity index is 1.82. The predicted molar refractivity (Wildman–Crippen MR) is 97.8 cm³/mol. The van der Waals surface area contributed by atoms with Crippen molar-refractivity contribution in [3.05, 3.63) is 42.5 Å². The Kier molecular flexibility index (Phi) is 6.59. The highest BCUT2D eigenvalue weighted by Crippen LogP contribution is 2.57. The maximum absolute atomic E-state index is 11.0. The van der Waals surface area contributed by atoms with Gasteiger partial charge in [0.2, 0.25) is 0 Å². The van der Waals surface area contributed by atoms with Gasteiger partial charge in [-0.2, -0.15) is 0 Å². The third-order valence-corrected chi connectivity index (χ3v) is 8.37. The molecule has 2 rings (SSSR count). The predicted octanol–water partition coefficient (Wildman–Crippen LogP) is 4.14. The van der Waals surface area contributed by atoms with Crippen molar-refractivity contribution in [3.8, 4) is 5.75 Å². The molecule has 2 unspecified atom stereocenters. The second-order valence-electron chi connectivity index (χ2n) is 4.78. The standard InChI is InChI=1S/C16H20O3S3/c1-4-14(17)19-9-10-20-15-11-21-16(2,22-15)12-5-7-13(18-3)8-6-12/h4-8,15H,1,9-11H2,2-3H3. The monoisotopic (exact) mass is 356 g/mol. The molecule has 0 spiro atoms. The molecular weight excluding hydrogens is 336 g/mol. The van der Waals surface area contributed by atoms with Gasteiger partial charge in [0.1, 0.15) is 12.4 Å². The summed E-state index contributed by atoms with van der Waals surface area (Å²) in [7, 11) is 1.68. The lowest BCUT2D eigenvalue weighted by molar-refractivity contribution is -0.137. The number of methoxy groups -OCH3 is 1. The highest BCUT2D eigenvalue weighted by Gasteiger charge is 2.38. The van der Waals surface area contributed by atoms with E-state index in [2.05, 4.69) is 25.6 Å². The van der Waals surface area contributed by atoms with E-state index in [9.17, 15) is 4.79 Å². The van der Waals surface area contributed by atoms with Crippen molar-refractivity contribution in [1.29, 1.82) is 0 Å². The molecule has 22 heavy (non-hydrogen) atoms. The quantitative estimate of drug-likeness (QED) is 0.415. The van der Waals surface area contributed by atoms with Crippen LogP contribution in [0, 0.1) is 0 Å². The minimum absolute atomic E-state index is 0.0712. The van der Waals surface area contributed by atoms with Crippen LogP contribution >= 0.6 is 35.3 Å². The average molecular weight is 357 g/mol. The van der Waals surface area contributed by atoms with Gasteiger partial charge in [0.05, 0.1) is 15.8 Å². The molecule has 2 atom stereocenters. The van der Waals surface area contributed by atoms with Gasteiger partial charge in [-0.3, -0.25) is 0 Å². The molecule has 0 amide bonds. The number of hydrogen-bond donors (Lipinski definition) is 0. The Bertz CT molecular complexity index is 518. The third-order valence-electron chi connectivity index (χ3n) is 3.26. The third kappa shape index (κ3) is 4.64. The van der Waals surface area contributed by atoms with E-state index in [-0.39, 0.29) is 10.0 Å². The molecule has 0 saturated carbocycles. The van der Waals surface area contributed by atoms with Crippen molar-refractivity contribution >= 4 is 41.3 Å². The zero-order valence-electron chi connectivity index (χ0n) is 12.7. The lowest BCUT2D eigenvalue weighted by Crippen LogP contribution is -2.09. The van der Waals surface area contributed by atoms with Crippen LogP contribution in [0.5, 0.6) is 5.75 Å². The number of rotatable bonds is 7. The SMILES string of the molecule is C=CC(=O)OCCSC1CSC(C)(c2ccc(OC)cc2)S1. The Morgan fingerprint density at radius 1 is 1.50 bits per heavy atom. The number of carbonyl (C=O) groups excluding carboxylic acids is 1. The van der Waals surface area contributed by atoms with Gasteiger partial charge in [0.15, 0.2) is 0 Å². The van der Waals surface area contributed by atoms with Gasteiger partial charge in [0, 0.05) is 17.6 Å². The minimum Gasteiger partial charge on any atom is -0.497 e. The number of carbonyl (C=O) groups is 1. The second-order valence-corrected chi connectivity index (χ2v) is 9.70. The topological polar surface area (TPSA) is 35.5 Å². The van der Waals surface area contributed by atoms with Crippen LogP contribution in [0.3, 0.4) is 0 Å². The Hall–Kier alpha value is -0.720. The van der Waals surface area contributed by atoms with E-state index in [1.165, 1.54) is 11.6 Å². The van der Waals surface area contributed by atoms with Gasteiger partial charge < -0.3 is 9.47 Å². The lowest BCUT2D eigenvalue weighted by Gasteiger charge is -2.23. The lowest BCUT2D eigenvalue weighted by atomic mass is 10.1. The summed E-state index contributed by atoms with van der Waals surface area (Å²) in [4.78, 5) is 11.0. The van der Waals surface area contributed by atoms with Crippen LogP contribution < -0.4 is 4.74 Å². The fraction of sp³-hybridized carbons (Fsp3) is 0.438. The number of ether oxygens (including phenoxy) is 2. The Morgan fingerprint density at radius 3 is 2.86 bits per heavy atom. The van der Waals surface area contributed by atoms with Gasteiger partial charge in [0.25, 0.3) is 0 Å². The van der Waals surface area contributed by atoms with Crippen LogP contribution in [0.4, 0.5) is 0 Å². The molecule has 1 saturated heterocycles. The van der Waals surface area contributed by atoms with Gasteiger partial charge in [-0.1, -0.05) is 18.7 Å². The molecule has 1 aliphatic rings. The summed E-state index contributed by atoms with van der Waals surface area (Å²) < 4.78 is 10.8. The fourth-order valence-corrected chi connectivity index (χ4v) is 7.24. The zero-order valence-corrected chi connectivity index (χ0v) is 15.2. The normalized spacial score (nSPS) is 24.0. The van der Waals surface area contributed by atoms with E-state index in [0.717, 1.165) is 17.3 Å². The summed E-state index contributed by atoms with van der Waals surface area (Å²) in [6.45, 7) is 6.09. The molecule has 0 aromatic heterocycles. The molecule has 0 radical (unpaired) electrons. The minimum atomic E-state index is -0.350. The molecular formula is C16H20O3S3. The summed E-state index contributed by atoms with van der Waals surface area (Å²) >= 11 is 5.78. The maximum atomic E-state index is 11.0. The van der Waals surface area contributed by atoms with Gasteiger partial charge in [-0.25, -0.2) is 4.79 Å². The highest BCUT2D eigenvalue weighted by molar-refractivity contribution is 8.28. The number of hydrogen-bond acceptors (Lipinski definition) is 6. The molecule has 3 nitrogen and oxygen atoms in total. The molecule has 0 N–H and O–H groups in total. The molecule has 1 aromatic rings. The van der Waals surface area contributed by atoms with Gasteiger partial charge in [-0.15, -0.1) is 35.3 Å². The maximum Gasteiger partial charge on any atom is 0.330 e. The number of benzene rings is 1. The van der Waals surface area contributed by atoms with Crippen LogP contribution in [0.25, 0.3) is 0 Å². The van der Waals surface area contributed by atoms with E-state index < -0.39 is 0 Å². The number of thioether (sulfide) groups is 3. The highest BCUT2D eigenvalue weighted by atomic mass is 32.2. The first-order chi connectivity index (χ1) is 10.6. The van der Waals surface area contributed by atoms with Crippen LogP contribution in [-0.4, -0.2) is 35.8 Å². The first-order valence-electron chi connectivity index (χ1n) is 6.94. The molecule has 1 heterocycles. The van der Waals surface area contributed by atoms with Crippen LogP contribution in [0.15, 0.2) is 36.9 Å². The van der Waals surface area contributed by atoms with Crippen molar-refractivity contribution in [2.75, 3.05) is 25.2 Å². The van der Waals surface area contributed by atoms with Gasteiger partial charge in [-0.05, 0) is 24.6 Å². The Morgan fingerprint density at radius 2 is 2.23 bits per heavy atom. The fourth-order valence-electron chi connectivity index (χ4n) is 2.05. The summed E-state index contributed by atoms with van der Waals surface area (Å²) in [5, 5.41) is 0. The van der Waals surface area contributed by atoms with Crippen LogP contribution in [0.2, 0.25) is 0 Å². The van der Waals surface area contributed by atoms with E-state index in [4.69, 9.17) is 9.47 Å². The van der Waals surface area contributed by atoms with Crippen molar-refractivity contribution in [3.63, 3.8) is 0 Å². The Labute approximate surface area is 144 Å². The molecule has 0 aliphatic carbocycles. The van der Waals surface area contributed by atoms with E-state index >= 15 is 0 Å². The van der Waals surface area contributed by atoms with Crippen LogP contribution in [-0.2, 0) is 13.6 Å². The smallest absolute Gasteiger partial charge is 0.330 e. The van der Waals surface area contributed by atoms with Crippen molar-refractivity contribution in [2.45, 2.75) is 15.6 Å². The number of esters is 1. The molecule has 1 fully saturated rings. The van der Waals surface area contributed by atoms with Gasteiger partial charge >= 0.3 is 5.97 Å². The van der Waals surface area contributed by atoms with Crippen molar-refractivity contribution in [2.24, 2.45) is 0 Å². The van der Waals surface area contributed by atoms with E-state index in [0.29, 0.717) is 11.2 Å². The zero-order chi connectivity index (χ0) is 16.0. The molecule has 120 valence electrons. The van der Waals surface area contributed by atoms with Crippen molar-refractivity contribution in [1.82, 2.24) is 0 Å². The van der Waals surface area contributed by atoms with E-state index in [1.807, 2.05) is 47.4 Å². The molecule has 0 bridgehead atoms. The molecule has 1 aromatic carbocycles. The average Bonchev–Trinajstić information content (AvgIpc) is 2.94. The summed E-state index contributed by atoms with van der Waals surface area (Å²) in [6.07, 6.45) is 1.20. The summed E-state index contributed by atoms with van der Waals surface area (Å²) in [5.74, 6) is 2.44. The molecule has 1 aliphatic heterocycles. The van der Waals surface area contributed by atoms with E-state index in [1.54, 1.807) is 7.11 Å². The van der Waals surface area contributed by atoms with Crippen LogP contribution in [0.1, 0.15) is 12.5 Å². The summed E-state index contributed by atoms with van der Waals surface area (Å²) in [6, 6.07) is 8.29. The molecule has 6 heteroatoms. The second kappa shape index (κ2) is 8.22. The summed E-state index contributed by atoms with van der Waals surface area (Å²) in [5.41, 5.74) is 1.31. The largest absolute Gasteiger partial charge is 0.497 e. The first-order valence-corrected chi connectivity index (χ1v) is 9.86. The first kappa shape index (κ1) is 17.6.